The minimum Gasteiger partial charge on any atom is -0.444 e. The smallest absolute Gasteiger partial charge is 0.410 e. The number of urea groups is 1. The first kappa shape index (κ1) is 38.3. The van der Waals surface area contributed by atoms with Gasteiger partial charge in [-0.15, -0.1) is 0 Å². The highest BCUT2D eigenvalue weighted by Crippen LogP contribution is 2.47. The normalized spacial score (nSPS) is 17.8. The Hall–Kier alpha value is -5.46. The zero-order valence-electron chi connectivity index (χ0n) is 32.0. The fourth-order valence-corrected chi connectivity index (χ4v) is 7.59. The number of carbonyl (C=O) groups excluding carboxylic acids is 5. The van der Waals surface area contributed by atoms with E-state index in [9.17, 15) is 24.0 Å². The Kier molecular flexibility index (Phi) is 11.0. The summed E-state index contributed by atoms with van der Waals surface area (Å²) >= 11 is 0. The molecule has 6 amide bonds. The summed E-state index contributed by atoms with van der Waals surface area (Å²) in [6, 6.07) is 16.9. The summed E-state index contributed by atoms with van der Waals surface area (Å²) in [4.78, 5) is 75.9. The van der Waals surface area contributed by atoms with Gasteiger partial charge in [-0.25, -0.2) is 14.6 Å². The van der Waals surface area contributed by atoms with E-state index in [1.165, 1.54) is 4.90 Å². The molecule has 1 saturated heterocycles. The Morgan fingerprint density at radius 1 is 0.981 bits per heavy atom. The van der Waals surface area contributed by atoms with E-state index in [1.54, 1.807) is 23.0 Å². The van der Waals surface area contributed by atoms with Gasteiger partial charge in [0.15, 0.2) is 0 Å². The van der Waals surface area contributed by atoms with E-state index in [0.29, 0.717) is 50.3 Å². The molecule has 1 aliphatic carbocycles. The summed E-state index contributed by atoms with van der Waals surface area (Å²) in [5.74, 6) is -0.378. The number of fused-ring (bicyclic) bond motifs is 3. The first-order chi connectivity index (χ1) is 25.6. The molecule has 2 aliphatic heterocycles. The van der Waals surface area contributed by atoms with Gasteiger partial charge in [-0.2, -0.15) is 0 Å². The summed E-state index contributed by atoms with van der Waals surface area (Å²) in [6.07, 6.45) is 3.19. The first-order valence-electron chi connectivity index (χ1n) is 18.7. The van der Waals surface area contributed by atoms with Crippen molar-refractivity contribution in [2.75, 3.05) is 37.3 Å². The molecule has 286 valence electrons. The van der Waals surface area contributed by atoms with Crippen LogP contribution >= 0.6 is 0 Å². The molecule has 13 heteroatoms. The van der Waals surface area contributed by atoms with Crippen molar-refractivity contribution in [1.82, 2.24) is 25.0 Å². The van der Waals surface area contributed by atoms with E-state index < -0.39 is 17.1 Å². The second kappa shape index (κ2) is 15.5. The van der Waals surface area contributed by atoms with E-state index in [2.05, 4.69) is 20.9 Å². The fraction of sp³-hybridized carbons (Fsp3) is 0.463. The van der Waals surface area contributed by atoms with E-state index in [4.69, 9.17) is 4.74 Å². The molecule has 1 fully saturated rings. The van der Waals surface area contributed by atoms with E-state index in [-0.39, 0.29) is 55.3 Å². The van der Waals surface area contributed by atoms with Crippen LogP contribution in [0.1, 0.15) is 75.3 Å². The number of rotatable bonds is 9. The Morgan fingerprint density at radius 3 is 2.35 bits per heavy atom. The highest BCUT2D eigenvalue weighted by Gasteiger charge is 2.51. The minimum atomic E-state index is -0.728. The van der Waals surface area contributed by atoms with Crippen LogP contribution in [-0.2, 0) is 50.5 Å². The number of nitrogens with one attached hydrogen (secondary N) is 3. The third-order valence-electron chi connectivity index (χ3n) is 10.2. The third kappa shape index (κ3) is 8.50. The number of piperidine rings is 1. The summed E-state index contributed by atoms with van der Waals surface area (Å²) in [7, 11) is 1.66. The molecule has 3 heterocycles. The van der Waals surface area contributed by atoms with Crippen molar-refractivity contribution in [3.8, 4) is 0 Å². The summed E-state index contributed by atoms with van der Waals surface area (Å²) in [6.45, 7) is 10.3. The molecule has 1 aromatic heterocycles. The number of hydrogen-bond acceptors (Lipinski definition) is 7. The monoisotopic (exact) mass is 737 g/mol. The predicted octanol–water partition coefficient (Wildman–Crippen LogP) is 5.23. The topological polar surface area (TPSA) is 153 Å². The van der Waals surface area contributed by atoms with Gasteiger partial charge in [-0.1, -0.05) is 36.4 Å². The Balaban J connectivity index is 1.18. The summed E-state index contributed by atoms with van der Waals surface area (Å²) < 4.78 is 5.56. The lowest BCUT2D eigenvalue weighted by atomic mass is 9.79. The summed E-state index contributed by atoms with van der Waals surface area (Å²) in [5, 5.41) is 8.85. The highest BCUT2D eigenvalue weighted by atomic mass is 16.6. The molecular weight excluding hydrogens is 686 g/mol. The zero-order chi connectivity index (χ0) is 38.8. The second-order valence-corrected chi connectivity index (χ2v) is 16.0. The van der Waals surface area contributed by atoms with Crippen LogP contribution in [0.3, 0.4) is 0 Å². The van der Waals surface area contributed by atoms with Crippen molar-refractivity contribution in [2.45, 2.75) is 90.4 Å². The maximum atomic E-state index is 14.3. The van der Waals surface area contributed by atoms with Crippen LogP contribution in [0, 0.1) is 5.92 Å². The average Bonchev–Trinajstić information content (AvgIpc) is 3.63. The van der Waals surface area contributed by atoms with E-state index in [0.717, 1.165) is 27.8 Å². The van der Waals surface area contributed by atoms with Crippen LogP contribution in [0.4, 0.5) is 21.1 Å². The van der Waals surface area contributed by atoms with Crippen LogP contribution in [-0.4, -0.2) is 87.9 Å². The van der Waals surface area contributed by atoms with Crippen LogP contribution < -0.4 is 16.0 Å². The number of aromatic nitrogens is 1. The molecule has 0 saturated carbocycles. The molecule has 6 rings (SSSR count). The van der Waals surface area contributed by atoms with Crippen molar-refractivity contribution in [2.24, 2.45) is 5.92 Å². The zero-order valence-corrected chi connectivity index (χ0v) is 32.0. The first-order valence-corrected chi connectivity index (χ1v) is 18.7. The number of amides is 6. The number of hydrogen-bond donors (Lipinski definition) is 3. The van der Waals surface area contributed by atoms with Crippen molar-refractivity contribution in [1.29, 1.82) is 0 Å². The molecule has 2 aromatic carbocycles. The molecule has 1 unspecified atom stereocenters. The second-order valence-electron chi connectivity index (χ2n) is 16.0. The number of carbonyl (C=O) groups is 5. The SMILES string of the molecule is CC(C)NC(=O)N1CCC(C(=O)N(CC(=O)Nc2ccc3c(c2)CC2(C3)C(=O)Nc3ncccc32)Cc2ccccc2CN(C)C(=O)OC(C)(C)C)CC1. The highest BCUT2D eigenvalue weighted by molar-refractivity contribution is 6.06. The number of ether oxygens (including phenoxy) is 1. The van der Waals surface area contributed by atoms with Crippen LogP contribution in [0.5, 0.6) is 0 Å². The van der Waals surface area contributed by atoms with Crippen molar-refractivity contribution >= 4 is 41.4 Å². The van der Waals surface area contributed by atoms with Crippen LogP contribution in [0.25, 0.3) is 0 Å². The number of benzene rings is 2. The Bertz CT molecular complexity index is 1930. The lowest BCUT2D eigenvalue weighted by Crippen LogP contribution is -2.49. The lowest BCUT2D eigenvalue weighted by Gasteiger charge is -2.34. The Morgan fingerprint density at radius 2 is 1.67 bits per heavy atom. The van der Waals surface area contributed by atoms with Gasteiger partial charge in [0.05, 0.1) is 5.41 Å². The van der Waals surface area contributed by atoms with Gasteiger partial charge in [0.25, 0.3) is 0 Å². The minimum absolute atomic E-state index is 0.00306. The van der Waals surface area contributed by atoms with Crippen molar-refractivity contribution in [3.63, 3.8) is 0 Å². The molecule has 13 nitrogen and oxygen atoms in total. The maximum absolute atomic E-state index is 14.3. The molecule has 1 spiro atoms. The van der Waals surface area contributed by atoms with Gasteiger partial charge in [-0.05, 0) is 101 Å². The quantitative estimate of drug-likeness (QED) is 0.272. The molecule has 54 heavy (non-hydrogen) atoms. The largest absolute Gasteiger partial charge is 0.444 e. The molecule has 1 atom stereocenters. The molecule has 3 aromatic rings. The number of likely N-dealkylation sites (tertiary alicyclic amines) is 1. The van der Waals surface area contributed by atoms with Gasteiger partial charge < -0.3 is 35.4 Å². The lowest BCUT2D eigenvalue weighted by molar-refractivity contribution is -0.140. The third-order valence-corrected chi connectivity index (χ3v) is 10.2. The van der Waals surface area contributed by atoms with Gasteiger partial charge in [0.2, 0.25) is 17.7 Å². The van der Waals surface area contributed by atoms with Gasteiger partial charge in [-0.3, -0.25) is 14.4 Å². The van der Waals surface area contributed by atoms with Crippen molar-refractivity contribution in [3.05, 3.63) is 88.6 Å². The van der Waals surface area contributed by atoms with Gasteiger partial charge in [0, 0.05) is 62.6 Å². The standard InChI is InChI=1S/C41H51N7O6/c1-26(2)43-38(52)47-18-15-27(16-19-47)36(50)48(24-30-11-8-7-10-29(30)23-46(6)39(53)54-40(3,4)5)25-34(49)44-32-14-13-28-21-41(22-31(28)20-32)33-12-9-17-42-35(33)45-37(41)51/h7-14,17,20,26-27H,15-16,18-19,21-25H2,1-6H3,(H,43,52)(H,44,49)(H,42,45,51). The van der Waals surface area contributed by atoms with Crippen molar-refractivity contribution < 1.29 is 28.7 Å². The number of nitrogens with zero attached hydrogens (tertiary/aromatic N) is 4. The molecular formula is C41H51N7O6. The van der Waals surface area contributed by atoms with E-state index >= 15 is 0 Å². The summed E-state index contributed by atoms with van der Waals surface area (Å²) in [5.41, 5.74) is 3.72. The molecule has 0 bridgehead atoms. The molecule has 0 radical (unpaired) electrons. The number of pyridine rings is 1. The average molecular weight is 738 g/mol. The molecule has 3 aliphatic rings. The van der Waals surface area contributed by atoms with E-state index in [1.807, 2.05) is 89.2 Å². The van der Waals surface area contributed by atoms with Gasteiger partial charge >= 0.3 is 12.1 Å². The van der Waals surface area contributed by atoms with Crippen LogP contribution in [0.15, 0.2) is 60.8 Å². The van der Waals surface area contributed by atoms with Gasteiger partial charge in [0.1, 0.15) is 18.0 Å². The Labute approximate surface area is 316 Å². The van der Waals surface area contributed by atoms with Crippen LogP contribution in [0.2, 0.25) is 0 Å². The predicted molar refractivity (Wildman–Crippen MR) is 205 cm³/mol. The maximum Gasteiger partial charge on any atom is 0.410 e. The number of anilines is 2. The fourth-order valence-electron chi connectivity index (χ4n) is 7.59. The molecule has 3 N–H and O–H groups in total.